The van der Waals surface area contributed by atoms with Crippen molar-refractivity contribution in [2.75, 3.05) is 25.0 Å². The fourth-order valence-electron chi connectivity index (χ4n) is 1.76. The van der Waals surface area contributed by atoms with Gasteiger partial charge in [0.05, 0.1) is 12.2 Å². The second kappa shape index (κ2) is 5.48. The Morgan fingerprint density at radius 3 is 2.94 bits per heavy atom. The maximum absolute atomic E-state index is 11.7. The number of amides is 1. The molecular weight excluding hydrogens is 232 g/mol. The summed E-state index contributed by atoms with van der Waals surface area (Å²) in [5, 5.41) is 14.8. The van der Waals surface area contributed by atoms with Gasteiger partial charge >= 0.3 is 0 Å². The maximum Gasteiger partial charge on any atom is 0.250 e. The van der Waals surface area contributed by atoms with E-state index in [1.54, 1.807) is 24.3 Å². The van der Waals surface area contributed by atoms with Crippen LogP contribution >= 0.6 is 0 Å². The highest BCUT2D eigenvalue weighted by Gasteiger charge is 2.32. The van der Waals surface area contributed by atoms with Crippen molar-refractivity contribution in [2.45, 2.75) is 19.1 Å². The van der Waals surface area contributed by atoms with Crippen molar-refractivity contribution >= 4 is 11.6 Å². The Morgan fingerprint density at radius 2 is 2.33 bits per heavy atom. The zero-order valence-corrected chi connectivity index (χ0v) is 10.4. The first-order valence-electron chi connectivity index (χ1n) is 5.96. The van der Waals surface area contributed by atoms with Crippen LogP contribution in [0.4, 0.5) is 5.69 Å². The van der Waals surface area contributed by atoms with E-state index >= 15 is 0 Å². The van der Waals surface area contributed by atoms with Gasteiger partial charge in [0.1, 0.15) is 6.61 Å². The van der Waals surface area contributed by atoms with E-state index in [0.29, 0.717) is 5.69 Å². The van der Waals surface area contributed by atoms with Crippen LogP contribution in [0.3, 0.4) is 0 Å². The minimum atomic E-state index is -0.218. The number of hydrogen-bond donors (Lipinski definition) is 3. The molecule has 0 spiro atoms. The van der Waals surface area contributed by atoms with E-state index in [1.807, 2.05) is 6.92 Å². The number of carbonyl (C=O) groups excluding carboxylic acids is 1. The van der Waals surface area contributed by atoms with Crippen LogP contribution in [0.15, 0.2) is 24.3 Å². The molecule has 0 atom stereocenters. The summed E-state index contributed by atoms with van der Waals surface area (Å²) in [6.45, 7) is 3.54. The average molecular weight is 250 g/mol. The summed E-state index contributed by atoms with van der Waals surface area (Å²) >= 11 is 0. The summed E-state index contributed by atoms with van der Waals surface area (Å²) in [6.07, 6.45) is 0. The van der Waals surface area contributed by atoms with Crippen LogP contribution in [-0.4, -0.2) is 36.3 Å². The molecule has 98 valence electrons. The minimum absolute atomic E-state index is 0.0377. The van der Waals surface area contributed by atoms with E-state index in [2.05, 4.69) is 10.6 Å². The molecule has 5 nitrogen and oxygen atoms in total. The van der Waals surface area contributed by atoms with E-state index in [9.17, 15) is 4.79 Å². The number of aliphatic hydroxyl groups excluding tert-OH is 1. The summed E-state index contributed by atoms with van der Waals surface area (Å²) in [5.41, 5.74) is 1.22. The maximum atomic E-state index is 11.7. The standard InChI is InChI=1S/C13H18N2O3/c1-13(8-14-9-13)18-7-12(17)15-11-4-2-3-10(5-11)6-16/h2-5,14,16H,6-9H2,1H3,(H,15,17). The van der Waals surface area contributed by atoms with Crippen molar-refractivity contribution in [1.82, 2.24) is 5.32 Å². The quantitative estimate of drug-likeness (QED) is 0.711. The topological polar surface area (TPSA) is 70.6 Å². The Labute approximate surface area is 106 Å². The van der Waals surface area contributed by atoms with Gasteiger partial charge in [0.25, 0.3) is 0 Å². The number of carbonyl (C=O) groups is 1. The predicted octanol–water partition coefficient (Wildman–Crippen LogP) is 0.496. The molecule has 18 heavy (non-hydrogen) atoms. The van der Waals surface area contributed by atoms with Gasteiger partial charge < -0.3 is 20.5 Å². The normalized spacial score (nSPS) is 17.0. The van der Waals surface area contributed by atoms with Crippen molar-refractivity contribution < 1.29 is 14.6 Å². The number of ether oxygens (including phenoxy) is 1. The molecule has 3 N–H and O–H groups in total. The molecule has 1 heterocycles. The van der Waals surface area contributed by atoms with Gasteiger partial charge in [-0.3, -0.25) is 4.79 Å². The van der Waals surface area contributed by atoms with Crippen LogP contribution in [-0.2, 0) is 16.1 Å². The van der Waals surface area contributed by atoms with Gasteiger partial charge in [-0.25, -0.2) is 0 Å². The lowest BCUT2D eigenvalue weighted by atomic mass is 10.0. The molecule has 1 aliphatic heterocycles. The lowest BCUT2D eigenvalue weighted by molar-refractivity contribution is -0.130. The van der Waals surface area contributed by atoms with E-state index in [-0.39, 0.29) is 24.7 Å². The highest BCUT2D eigenvalue weighted by Crippen LogP contribution is 2.15. The fourth-order valence-corrected chi connectivity index (χ4v) is 1.76. The third kappa shape index (κ3) is 3.29. The molecule has 0 unspecified atom stereocenters. The van der Waals surface area contributed by atoms with E-state index in [0.717, 1.165) is 18.7 Å². The van der Waals surface area contributed by atoms with Gasteiger partial charge in [0.15, 0.2) is 0 Å². The molecule has 0 saturated carbocycles. The molecule has 1 aromatic rings. The van der Waals surface area contributed by atoms with E-state index < -0.39 is 0 Å². The zero-order chi connectivity index (χ0) is 13.0. The number of anilines is 1. The molecule has 0 aliphatic carbocycles. The highest BCUT2D eigenvalue weighted by atomic mass is 16.5. The summed E-state index contributed by atoms with van der Waals surface area (Å²) in [5.74, 6) is -0.182. The number of nitrogens with one attached hydrogen (secondary N) is 2. The molecule has 2 rings (SSSR count). The van der Waals surface area contributed by atoms with Crippen LogP contribution in [0.5, 0.6) is 0 Å². The second-order valence-electron chi connectivity index (χ2n) is 4.75. The zero-order valence-electron chi connectivity index (χ0n) is 10.4. The molecule has 0 aromatic heterocycles. The van der Waals surface area contributed by atoms with Crippen molar-refractivity contribution in [1.29, 1.82) is 0 Å². The van der Waals surface area contributed by atoms with Crippen LogP contribution in [0.25, 0.3) is 0 Å². The monoisotopic (exact) mass is 250 g/mol. The van der Waals surface area contributed by atoms with Crippen LogP contribution < -0.4 is 10.6 Å². The van der Waals surface area contributed by atoms with Crippen molar-refractivity contribution in [3.63, 3.8) is 0 Å². The molecule has 1 aliphatic rings. The molecule has 0 radical (unpaired) electrons. The molecular formula is C13H18N2O3. The van der Waals surface area contributed by atoms with Gasteiger partial charge in [0, 0.05) is 18.8 Å². The molecule has 0 bridgehead atoms. The Morgan fingerprint density at radius 1 is 1.56 bits per heavy atom. The van der Waals surface area contributed by atoms with Crippen LogP contribution in [0, 0.1) is 0 Å². The molecule has 1 fully saturated rings. The van der Waals surface area contributed by atoms with Crippen LogP contribution in [0.1, 0.15) is 12.5 Å². The fraction of sp³-hybridized carbons (Fsp3) is 0.462. The summed E-state index contributed by atoms with van der Waals surface area (Å²) in [4.78, 5) is 11.7. The lowest BCUT2D eigenvalue weighted by Crippen LogP contribution is -2.59. The number of aliphatic hydroxyl groups is 1. The molecule has 5 heteroatoms. The van der Waals surface area contributed by atoms with Gasteiger partial charge in [-0.1, -0.05) is 12.1 Å². The Balaban J connectivity index is 1.82. The highest BCUT2D eigenvalue weighted by molar-refractivity contribution is 5.91. The Hall–Kier alpha value is -1.43. The average Bonchev–Trinajstić information content (AvgIpc) is 2.34. The first-order chi connectivity index (χ1) is 8.61. The minimum Gasteiger partial charge on any atom is -0.392 e. The van der Waals surface area contributed by atoms with E-state index in [4.69, 9.17) is 9.84 Å². The third-order valence-corrected chi connectivity index (χ3v) is 2.94. The lowest BCUT2D eigenvalue weighted by Gasteiger charge is -2.38. The predicted molar refractivity (Wildman–Crippen MR) is 68.2 cm³/mol. The van der Waals surface area contributed by atoms with Crippen molar-refractivity contribution in [3.05, 3.63) is 29.8 Å². The summed E-state index contributed by atoms with van der Waals surface area (Å²) in [7, 11) is 0. The first-order valence-corrected chi connectivity index (χ1v) is 5.96. The van der Waals surface area contributed by atoms with Crippen LogP contribution in [0.2, 0.25) is 0 Å². The van der Waals surface area contributed by atoms with Gasteiger partial charge in [-0.05, 0) is 24.6 Å². The number of benzene rings is 1. The van der Waals surface area contributed by atoms with E-state index in [1.165, 1.54) is 0 Å². The first kappa shape index (κ1) is 13.0. The van der Waals surface area contributed by atoms with Gasteiger partial charge in [0.2, 0.25) is 5.91 Å². The van der Waals surface area contributed by atoms with Gasteiger partial charge in [-0.2, -0.15) is 0 Å². The SMILES string of the molecule is CC1(OCC(=O)Nc2cccc(CO)c2)CNC1. The smallest absolute Gasteiger partial charge is 0.250 e. The molecule has 1 aromatic carbocycles. The Kier molecular flexibility index (Phi) is 3.96. The van der Waals surface area contributed by atoms with Crippen molar-refractivity contribution in [3.8, 4) is 0 Å². The number of rotatable bonds is 5. The summed E-state index contributed by atoms with van der Waals surface area (Å²) in [6, 6.07) is 7.11. The van der Waals surface area contributed by atoms with Gasteiger partial charge in [-0.15, -0.1) is 0 Å². The summed E-state index contributed by atoms with van der Waals surface area (Å²) < 4.78 is 5.53. The second-order valence-corrected chi connectivity index (χ2v) is 4.75. The Bertz CT molecular complexity index is 430. The van der Waals surface area contributed by atoms with Crippen molar-refractivity contribution in [2.24, 2.45) is 0 Å². The largest absolute Gasteiger partial charge is 0.392 e. The third-order valence-electron chi connectivity index (χ3n) is 2.94. The number of hydrogen-bond acceptors (Lipinski definition) is 4. The molecule has 1 amide bonds. The molecule has 1 saturated heterocycles.